The van der Waals surface area contributed by atoms with Crippen LogP contribution in [0.2, 0.25) is 5.02 Å². The van der Waals surface area contributed by atoms with Gasteiger partial charge >= 0.3 is 0 Å². The minimum Gasteiger partial charge on any atom is -0.369 e. The maximum Gasteiger partial charge on any atom is 0.222 e. The van der Waals surface area contributed by atoms with Crippen LogP contribution in [0, 0.1) is 0 Å². The number of halogens is 1. The SMILES string of the molecule is O=C(CCNc1ncnc2cc(Cl)ccc12)NCc1ccccc1. The molecule has 2 N–H and O–H groups in total. The molecule has 24 heavy (non-hydrogen) atoms. The number of hydrogen-bond acceptors (Lipinski definition) is 4. The molecule has 0 aliphatic heterocycles. The molecule has 122 valence electrons. The summed E-state index contributed by atoms with van der Waals surface area (Å²) in [4.78, 5) is 20.3. The van der Waals surface area contributed by atoms with Gasteiger partial charge in [-0.05, 0) is 23.8 Å². The largest absolute Gasteiger partial charge is 0.369 e. The highest BCUT2D eigenvalue weighted by Crippen LogP contribution is 2.22. The van der Waals surface area contributed by atoms with Crippen LogP contribution in [0.4, 0.5) is 5.82 Å². The maximum absolute atomic E-state index is 11.9. The third-order valence-corrected chi connectivity index (χ3v) is 3.81. The van der Waals surface area contributed by atoms with Crippen molar-refractivity contribution < 1.29 is 4.79 Å². The Morgan fingerprint density at radius 2 is 1.92 bits per heavy atom. The van der Waals surface area contributed by atoms with Crippen LogP contribution in [0.15, 0.2) is 54.9 Å². The molecule has 3 rings (SSSR count). The van der Waals surface area contributed by atoms with Gasteiger partial charge in [-0.1, -0.05) is 41.9 Å². The van der Waals surface area contributed by atoms with Crippen molar-refractivity contribution in [3.05, 3.63) is 65.4 Å². The van der Waals surface area contributed by atoms with Gasteiger partial charge in [-0.2, -0.15) is 0 Å². The average Bonchev–Trinajstić information content (AvgIpc) is 2.61. The Bertz CT molecular complexity index is 839. The molecular formula is C18H17ClN4O. The highest BCUT2D eigenvalue weighted by atomic mass is 35.5. The van der Waals surface area contributed by atoms with Crippen LogP contribution in [0.3, 0.4) is 0 Å². The molecule has 1 amide bonds. The summed E-state index contributed by atoms with van der Waals surface area (Å²) in [7, 11) is 0. The van der Waals surface area contributed by atoms with E-state index in [4.69, 9.17) is 11.6 Å². The number of fused-ring (bicyclic) bond motifs is 1. The summed E-state index contributed by atoms with van der Waals surface area (Å²) in [5.74, 6) is 0.695. The zero-order valence-corrected chi connectivity index (χ0v) is 13.8. The zero-order chi connectivity index (χ0) is 16.8. The highest BCUT2D eigenvalue weighted by Gasteiger charge is 2.05. The van der Waals surface area contributed by atoms with E-state index in [2.05, 4.69) is 20.6 Å². The minimum atomic E-state index is -0.00670. The van der Waals surface area contributed by atoms with Crippen LogP contribution in [-0.2, 0) is 11.3 Å². The van der Waals surface area contributed by atoms with E-state index >= 15 is 0 Å². The van der Waals surface area contributed by atoms with Crippen molar-refractivity contribution in [3.63, 3.8) is 0 Å². The fourth-order valence-corrected chi connectivity index (χ4v) is 2.52. The third-order valence-electron chi connectivity index (χ3n) is 3.58. The topological polar surface area (TPSA) is 66.9 Å². The standard InChI is InChI=1S/C18H17ClN4O/c19-14-6-7-15-16(10-14)22-12-23-18(15)20-9-8-17(24)21-11-13-4-2-1-3-5-13/h1-7,10,12H,8-9,11H2,(H,21,24)(H,20,22,23). The first-order valence-corrected chi connectivity index (χ1v) is 8.05. The molecule has 0 saturated heterocycles. The number of carbonyl (C=O) groups excluding carboxylic acids is 1. The molecule has 0 radical (unpaired) electrons. The lowest BCUT2D eigenvalue weighted by molar-refractivity contribution is -0.121. The Kier molecular flexibility index (Phi) is 5.23. The number of carbonyl (C=O) groups is 1. The summed E-state index contributed by atoms with van der Waals surface area (Å²) in [5, 5.41) is 7.59. The lowest BCUT2D eigenvalue weighted by Crippen LogP contribution is -2.25. The Hall–Kier alpha value is -2.66. The lowest BCUT2D eigenvalue weighted by Gasteiger charge is -2.09. The zero-order valence-electron chi connectivity index (χ0n) is 13.0. The van der Waals surface area contributed by atoms with Crippen molar-refractivity contribution in [1.29, 1.82) is 0 Å². The number of anilines is 1. The van der Waals surface area contributed by atoms with Crippen LogP contribution in [0.5, 0.6) is 0 Å². The minimum absolute atomic E-state index is 0.00670. The van der Waals surface area contributed by atoms with E-state index in [1.807, 2.05) is 36.4 Å². The number of aromatic nitrogens is 2. The summed E-state index contributed by atoms with van der Waals surface area (Å²) in [6.45, 7) is 1.03. The molecule has 0 aliphatic rings. The number of nitrogens with zero attached hydrogens (tertiary/aromatic N) is 2. The van der Waals surface area contributed by atoms with Crippen LogP contribution >= 0.6 is 11.6 Å². The number of benzene rings is 2. The van der Waals surface area contributed by atoms with Gasteiger partial charge in [0.05, 0.1) is 5.52 Å². The Morgan fingerprint density at radius 1 is 1.08 bits per heavy atom. The summed E-state index contributed by atoms with van der Waals surface area (Å²) >= 11 is 5.97. The summed E-state index contributed by atoms with van der Waals surface area (Å²) in [6.07, 6.45) is 1.85. The van der Waals surface area contributed by atoms with Gasteiger partial charge < -0.3 is 10.6 Å². The van der Waals surface area contributed by atoms with Crippen molar-refractivity contribution >= 4 is 34.2 Å². The summed E-state index contributed by atoms with van der Waals surface area (Å²) < 4.78 is 0. The van der Waals surface area contributed by atoms with Crippen LogP contribution in [0.25, 0.3) is 10.9 Å². The molecule has 0 spiro atoms. The van der Waals surface area contributed by atoms with E-state index < -0.39 is 0 Å². The molecule has 0 fully saturated rings. The normalized spacial score (nSPS) is 10.5. The number of rotatable bonds is 6. The van der Waals surface area contributed by atoms with Gasteiger partial charge in [0.15, 0.2) is 0 Å². The monoisotopic (exact) mass is 340 g/mol. The van der Waals surface area contributed by atoms with Crippen molar-refractivity contribution in [1.82, 2.24) is 15.3 Å². The molecule has 5 nitrogen and oxygen atoms in total. The Labute approximate surface area is 145 Å². The second-order valence-corrected chi connectivity index (χ2v) is 5.76. The van der Waals surface area contributed by atoms with Gasteiger partial charge in [-0.25, -0.2) is 9.97 Å². The van der Waals surface area contributed by atoms with Gasteiger partial charge in [0.2, 0.25) is 5.91 Å². The van der Waals surface area contributed by atoms with E-state index in [1.54, 1.807) is 12.1 Å². The van der Waals surface area contributed by atoms with Gasteiger partial charge in [-0.3, -0.25) is 4.79 Å². The van der Waals surface area contributed by atoms with Crippen molar-refractivity contribution in [2.75, 3.05) is 11.9 Å². The number of nitrogens with one attached hydrogen (secondary N) is 2. The summed E-state index contributed by atoms with van der Waals surface area (Å²) in [5.41, 5.74) is 1.85. The maximum atomic E-state index is 11.9. The molecule has 0 unspecified atom stereocenters. The molecule has 0 saturated carbocycles. The molecule has 6 heteroatoms. The van der Waals surface area contributed by atoms with E-state index in [0.717, 1.165) is 16.5 Å². The first kappa shape index (κ1) is 16.2. The molecule has 2 aromatic carbocycles. The molecule has 1 heterocycles. The molecule has 0 bridgehead atoms. The Balaban J connectivity index is 1.52. The van der Waals surface area contributed by atoms with Gasteiger partial charge in [0.1, 0.15) is 12.1 Å². The first-order chi connectivity index (χ1) is 11.7. The third kappa shape index (κ3) is 4.20. The first-order valence-electron chi connectivity index (χ1n) is 7.67. The molecule has 3 aromatic rings. The fraction of sp³-hybridized carbons (Fsp3) is 0.167. The van der Waals surface area contributed by atoms with Crippen molar-refractivity contribution in [3.8, 4) is 0 Å². The smallest absolute Gasteiger partial charge is 0.222 e. The predicted octanol–water partition coefficient (Wildman–Crippen LogP) is 3.40. The fourth-order valence-electron chi connectivity index (χ4n) is 2.35. The van der Waals surface area contributed by atoms with E-state index in [1.165, 1.54) is 6.33 Å². The predicted molar refractivity (Wildman–Crippen MR) is 95.9 cm³/mol. The van der Waals surface area contributed by atoms with Crippen LogP contribution in [0.1, 0.15) is 12.0 Å². The molecular weight excluding hydrogens is 324 g/mol. The van der Waals surface area contributed by atoms with Gasteiger partial charge in [0.25, 0.3) is 0 Å². The van der Waals surface area contributed by atoms with E-state index in [9.17, 15) is 4.79 Å². The second-order valence-electron chi connectivity index (χ2n) is 5.32. The van der Waals surface area contributed by atoms with E-state index in [-0.39, 0.29) is 5.91 Å². The average molecular weight is 341 g/mol. The van der Waals surface area contributed by atoms with Crippen molar-refractivity contribution in [2.45, 2.75) is 13.0 Å². The quantitative estimate of drug-likeness (QED) is 0.721. The molecule has 1 aromatic heterocycles. The van der Waals surface area contributed by atoms with Gasteiger partial charge in [0, 0.05) is 29.9 Å². The highest BCUT2D eigenvalue weighted by molar-refractivity contribution is 6.31. The summed E-state index contributed by atoms with van der Waals surface area (Å²) in [6, 6.07) is 15.3. The number of hydrogen-bond donors (Lipinski definition) is 2. The van der Waals surface area contributed by atoms with Crippen LogP contribution in [-0.4, -0.2) is 22.4 Å². The van der Waals surface area contributed by atoms with Crippen LogP contribution < -0.4 is 10.6 Å². The van der Waals surface area contributed by atoms with Gasteiger partial charge in [-0.15, -0.1) is 0 Å². The van der Waals surface area contributed by atoms with E-state index in [0.29, 0.717) is 30.4 Å². The molecule has 0 aliphatic carbocycles. The number of amides is 1. The Morgan fingerprint density at radius 3 is 2.75 bits per heavy atom. The lowest BCUT2D eigenvalue weighted by atomic mass is 10.2. The second kappa shape index (κ2) is 7.75. The molecule has 0 atom stereocenters. The van der Waals surface area contributed by atoms with Crippen molar-refractivity contribution in [2.24, 2.45) is 0 Å².